The highest BCUT2D eigenvalue weighted by Crippen LogP contribution is 2.25. The molecule has 152 valence electrons. The molecule has 0 radical (unpaired) electrons. The third kappa shape index (κ3) is 5.81. The second-order valence-electron chi connectivity index (χ2n) is 7.53. The number of methoxy groups -OCH3 is 1. The first-order valence-corrected chi connectivity index (χ1v) is 9.87. The number of halogens is 1. The Hall–Kier alpha value is -0.860. The van der Waals surface area contributed by atoms with Crippen LogP contribution in [-0.2, 0) is 22.3 Å². The molecule has 1 unspecified atom stereocenters. The third-order valence-corrected chi connectivity index (χ3v) is 5.86. The van der Waals surface area contributed by atoms with Crippen LogP contribution in [0.2, 0.25) is 0 Å². The average molecular weight is 487 g/mol. The van der Waals surface area contributed by atoms with E-state index in [4.69, 9.17) is 9.47 Å². The number of nitrogens with one attached hydrogen (secondary N) is 2. The van der Waals surface area contributed by atoms with E-state index in [2.05, 4.69) is 40.7 Å². The largest absolute Gasteiger partial charge is 0.381 e. The molecule has 1 aliphatic heterocycles. The Labute approximate surface area is 180 Å². The molecule has 6 heteroatoms. The van der Waals surface area contributed by atoms with Gasteiger partial charge < -0.3 is 20.1 Å². The summed E-state index contributed by atoms with van der Waals surface area (Å²) in [5.41, 5.74) is 4.20. The van der Waals surface area contributed by atoms with Crippen molar-refractivity contribution in [3.63, 3.8) is 0 Å². The maximum atomic E-state index is 5.80. The van der Waals surface area contributed by atoms with Gasteiger partial charge >= 0.3 is 0 Å². The van der Waals surface area contributed by atoms with Gasteiger partial charge in [0.05, 0.1) is 11.6 Å². The van der Waals surface area contributed by atoms with Gasteiger partial charge in [0.1, 0.15) is 0 Å². The van der Waals surface area contributed by atoms with E-state index in [9.17, 15) is 0 Å². The van der Waals surface area contributed by atoms with Crippen LogP contribution in [0.1, 0.15) is 55.3 Å². The van der Waals surface area contributed by atoms with E-state index < -0.39 is 0 Å². The highest BCUT2D eigenvalue weighted by Gasteiger charge is 2.32. The minimum Gasteiger partial charge on any atom is -0.381 e. The lowest BCUT2D eigenvalue weighted by molar-refractivity contribution is -0.0855. The van der Waals surface area contributed by atoms with E-state index in [1.54, 1.807) is 7.11 Å². The van der Waals surface area contributed by atoms with Gasteiger partial charge in [-0.15, -0.1) is 24.0 Å². The van der Waals surface area contributed by atoms with E-state index in [1.165, 1.54) is 42.4 Å². The number of aryl methyl sites for hydroxylation is 2. The number of hydrogen-bond acceptors (Lipinski definition) is 3. The van der Waals surface area contributed by atoms with E-state index in [1.807, 2.05) is 7.05 Å². The Morgan fingerprint density at radius 2 is 1.93 bits per heavy atom. The summed E-state index contributed by atoms with van der Waals surface area (Å²) in [4.78, 5) is 4.40. The molecule has 1 aromatic carbocycles. The minimum absolute atomic E-state index is 0. The van der Waals surface area contributed by atoms with Gasteiger partial charge in [0.15, 0.2) is 5.96 Å². The number of nitrogens with zero attached hydrogens (tertiary/aromatic N) is 1. The van der Waals surface area contributed by atoms with Crippen LogP contribution in [0.5, 0.6) is 0 Å². The van der Waals surface area contributed by atoms with Crippen molar-refractivity contribution < 1.29 is 9.47 Å². The Balaban J connectivity index is 0.00000261. The van der Waals surface area contributed by atoms with E-state index in [0.29, 0.717) is 0 Å². The zero-order chi connectivity index (χ0) is 18.4. The fraction of sp³-hybridized carbons (Fsp3) is 0.667. The molecular weight excluding hydrogens is 453 g/mol. The lowest BCUT2D eigenvalue weighted by atomic mass is 9.89. The van der Waals surface area contributed by atoms with Crippen molar-refractivity contribution in [2.75, 3.05) is 33.9 Å². The van der Waals surface area contributed by atoms with E-state index in [-0.39, 0.29) is 35.6 Å². The predicted molar refractivity (Wildman–Crippen MR) is 121 cm³/mol. The fourth-order valence-corrected chi connectivity index (χ4v) is 3.95. The van der Waals surface area contributed by atoms with Crippen molar-refractivity contribution >= 4 is 29.9 Å². The molecule has 0 amide bonds. The summed E-state index contributed by atoms with van der Waals surface area (Å²) in [6.07, 6.45) is 6.89. The number of aliphatic imine (C=N–C) groups is 1. The van der Waals surface area contributed by atoms with Gasteiger partial charge in [-0.1, -0.05) is 18.2 Å². The van der Waals surface area contributed by atoms with E-state index in [0.717, 1.165) is 38.6 Å². The molecule has 2 N–H and O–H groups in total. The zero-order valence-electron chi connectivity index (χ0n) is 16.8. The molecule has 1 aromatic rings. The first-order valence-electron chi connectivity index (χ1n) is 9.87. The number of rotatable bonds is 5. The Kier molecular flexibility index (Phi) is 8.82. The fourth-order valence-electron chi connectivity index (χ4n) is 3.95. The monoisotopic (exact) mass is 487 g/mol. The molecule has 0 bridgehead atoms. The standard InChI is InChI=1S/C21H33N3O2.HI/c1-16(18-9-8-17-6-4-5-7-19(17)14-18)24-20(22-2)23-15-21(25-3)10-12-26-13-11-21;/h8-9,14,16H,4-7,10-13,15H2,1-3H3,(H2,22,23,24);1H. The Morgan fingerprint density at radius 3 is 2.59 bits per heavy atom. The number of hydrogen-bond donors (Lipinski definition) is 2. The molecule has 1 fully saturated rings. The smallest absolute Gasteiger partial charge is 0.191 e. The van der Waals surface area contributed by atoms with Gasteiger partial charge in [0.25, 0.3) is 0 Å². The van der Waals surface area contributed by atoms with Crippen LogP contribution in [-0.4, -0.2) is 45.5 Å². The number of benzene rings is 1. The molecule has 1 heterocycles. The van der Waals surface area contributed by atoms with Gasteiger partial charge in [0.2, 0.25) is 0 Å². The summed E-state index contributed by atoms with van der Waals surface area (Å²) in [5, 5.41) is 6.97. The van der Waals surface area contributed by atoms with Gasteiger partial charge in [0, 0.05) is 46.8 Å². The van der Waals surface area contributed by atoms with Crippen molar-refractivity contribution in [2.45, 2.75) is 57.1 Å². The highest BCUT2D eigenvalue weighted by molar-refractivity contribution is 14.0. The molecular formula is C21H34IN3O2. The lowest BCUT2D eigenvalue weighted by Crippen LogP contribution is -2.51. The van der Waals surface area contributed by atoms with Crippen LogP contribution in [0, 0.1) is 0 Å². The SMILES string of the molecule is CN=C(NCC1(OC)CCOCC1)NC(C)c1ccc2c(c1)CCCC2.I. The second-order valence-corrected chi connectivity index (χ2v) is 7.53. The topological polar surface area (TPSA) is 54.9 Å². The molecule has 5 nitrogen and oxygen atoms in total. The summed E-state index contributed by atoms with van der Waals surface area (Å²) >= 11 is 0. The Morgan fingerprint density at radius 1 is 1.22 bits per heavy atom. The minimum atomic E-state index is -0.162. The van der Waals surface area contributed by atoms with Gasteiger partial charge in [-0.2, -0.15) is 0 Å². The highest BCUT2D eigenvalue weighted by atomic mass is 127. The molecule has 27 heavy (non-hydrogen) atoms. The summed E-state index contributed by atoms with van der Waals surface area (Å²) < 4.78 is 11.3. The molecule has 1 aliphatic carbocycles. The average Bonchev–Trinajstić information content (AvgIpc) is 2.71. The van der Waals surface area contributed by atoms with Gasteiger partial charge in [-0.3, -0.25) is 4.99 Å². The maximum absolute atomic E-state index is 5.80. The number of guanidine groups is 1. The lowest BCUT2D eigenvalue weighted by Gasteiger charge is -2.36. The molecule has 1 saturated heterocycles. The second kappa shape index (κ2) is 10.6. The van der Waals surface area contributed by atoms with Crippen LogP contribution in [0.4, 0.5) is 0 Å². The van der Waals surface area contributed by atoms with Crippen molar-refractivity contribution in [3.8, 4) is 0 Å². The molecule has 0 aromatic heterocycles. The molecule has 1 atom stereocenters. The first-order chi connectivity index (χ1) is 12.7. The number of fused-ring (bicyclic) bond motifs is 1. The van der Waals surface area contributed by atoms with Crippen molar-refractivity contribution in [1.82, 2.24) is 10.6 Å². The van der Waals surface area contributed by atoms with Crippen LogP contribution in [0.15, 0.2) is 23.2 Å². The molecule has 3 rings (SSSR count). The molecule has 0 spiro atoms. The quantitative estimate of drug-likeness (QED) is 0.379. The van der Waals surface area contributed by atoms with Crippen molar-refractivity contribution in [2.24, 2.45) is 4.99 Å². The van der Waals surface area contributed by atoms with Crippen molar-refractivity contribution in [3.05, 3.63) is 34.9 Å². The zero-order valence-corrected chi connectivity index (χ0v) is 19.2. The van der Waals surface area contributed by atoms with Gasteiger partial charge in [-0.05, 0) is 49.3 Å². The van der Waals surface area contributed by atoms with Gasteiger partial charge in [-0.25, -0.2) is 0 Å². The normalized spacial score (nSPS) is 20.2. The maximum Gasteiger partial charge on any atom is 0.191 e. The third-order valence-electron chi connectivity index (χ3n) is 5.86. The number of ether oxygens (including phenoxy) is 2. The summed E-state index contributed by atoms with van der Waals surface area (Å²) in [5.74, 6) is 0.818. The van der Waals surface area contributed by atoms with Crippen LogP contribution >= 0.6 is 24.0 Å². The van der Waals surface area contributed by atoms with E-state index >= 15 is 0 Å². The Bertz CT molecular complexity index is 630. The first kappa shape index (κ1) is 22.4. The molecule has 2 aliphatic rings. The summed E-state index contributed by atoms with van der Waals surface area (Å²) in [7, 11) is 3.61. The van der Waals surface area contributed by atoms with Crippen LogP contribution in [0.25, 0.3) is 0 Å². The van der Waals surface area contributed by atoms with Crippen molar-refractivity contribution in [1.29, 1.82) is 0 Å². The molecule has 0 saturated carbocycles. The predicted octanol–water partition coefficient (Wildman–Crippen LogP) is 3.61. The summed E-state index contributed by atoms with van der Waals surface area (Å²) in [6, 6.07) is 7.14. The van der Waals surface area contributed by atoms with Crippen LogP contribution < -0.4 is 10.6 Å². The van der Waals surface area contributed by atoms with Crippen LogP contribution in [0.3, 0.4) is 0 Å². The summed E-state index contributed by atoms with van der Waals surface area (Å²) in [6.45, 7) is 4.45.